The maximum atomic E-state index is 4.42. The van der Waals surface area contributed by atoms with Crippen molar-refractivity contribution in [2.24, 2.45) is 0 Å². The molecule has 2 aromatic rings. The van der Waals surface area contributed by atoms with Gasteiger partial charge >= 0.3 is 0 Å². The van der Waals surface area contributed by atoms with Gasteiger partial charge in [-0.25, -0.2) is 4.98 Å². The molecule has 0 bridgehead atoms. The summed E-state index contributed by atoms with van der Waals surface area (Å²) in [6.07, 6.45) is 6.64. The minimum absolute atomic E-state index is 0.786. The van der Waals surface area contributed by atoms with E-state index in [0.717, 1.165) is 25.0 Å². The first-order valence-corrected chi connectivity index (χ1v) is 6.60. The molecule has 0 radical (unpaired) electrons. The molecule has 0 atom stereocenters. The molecule has 4 heteroatoms. The Labute approximate surface area is 99.1 Å². The average Bonchev–Trinajstić information content (AvgIpc) is 2.82. The van der Waals surface area contributed by atoms with E-state index in [1.54, 1.807) is 11.3 Å². The fourth-order valence-electron chi connectivity index (χ4n) is 1.80. The lowest BCUT2D eigenvalue weighted by atomic mass is 10.4. The molecular formula is C12H15N3S. The Hall–Kier alpha value is -1.13. The van der Waals surface area contributed by atoms with Crippen LogP contribution in [0.1, 0.15) is 12.8 Å². The Bertz CT molecular complexity index is 443. The zero-order chi connectivity index (χ0) is 10.8. The number of hydrogen-bond donors (Lipinski definition) is 1. The van der Waals surface area contributed by atoms with E-state index in [4.69, 9.17) is 0 Å². The normalized spacial score (nSPS) is 15.5. The van der Waals surface area contributed by atoms with Gasteiger partial charge in [0.05, 0.1) is 4.88 Å². The molecule has 0 unspecified atom stereocenters. The molecule has 1 fully saturated rings. The van der Waals surface area contributed by atoms with Gasteiger partial charge in [-0.2, -0.15) is 0 Å². The number of aromatic nitrogens is 2. The van der Waals surface area contributed by atoms with Crippen LogP contribution in [0.4, 0.5) is 0 Å². The van der Waals surface area contributed by atoms with E-state index >= 15 is 0 Å². The van der Waals surface area contributed by atoms with Crippen LogP contribution in [0.15, 0.2) is 29.9 Å². The lowest BCUT2D eigenvalue weighted by Gasteiger charge is -2.07. The first-order valence-electron chi connectivity index (χ1n) is 5.72. The molecule has 0 spiro atoms. The van der Waals surface area contributed by atoms with Crippen molar-refractivity contribution in [3.05, 3.63) is 29.9 Å². The van der Waals surface area contributed by atoms with Crippen molar-refractivity contribution < 1.29 is 0 Å². The Morgan fingerprint density at radius 2 is 2.44 bits per heavy atom. The molecule has 0 saturated heterocycles. The summed E-state index contributed by atoms with van der Waals surface area (Å²) in [5.74, 6) is 1.09. The molecule has 1 aliphatic carbocycles. The molecule has 3 nitrogen and oxygen atoms in total. The van der Waals surface area contributed by atoms with Gasteiger partial charge in [0.2, 0.25) is 0 Å². The third kappa shape index (κ3) is 2.18. The second kappa shape index (κ2) is 4.39. The maximum Gasteiger partial charge on any atom is 0.150 e. The van der Waals surface area contributed by atoms with E-state index in [0.29, 0.717) is 0 Å². The lowest BCUT2D eigenvalue weighted by Crippen LogP contribution is -2.21. The Morgan fingerprint density at radius 3 is 3.19 bits per heavy atom. The standard InChI is InChI=1S/C12H15N3S/c1-2-11(16-9-1)12-14-6-8-15(12)7-5-13-10-3-4-10/h1-2,6,8-10,13H,3-5,7H2. The highest BCUT2D eigenvalue weighted by atomic mass is 32.1. The molecule has 16 heavy (non-hydrogen) atoms. The van der Waals surface area contributed by atoms with Gasteiger partial charge in [0.1, 0.15) is 5.82 Å². The third-order valence-corrected chi connectivity index (χ3v) is 3.69. The number of nitrogens with one attached hydrogen (secondary N) is 1. The zero-order valence-electron chi connectivity index (χ0n) is 9.10. The molecule has 0 aromatic carbocycles. The molecule has 2 aromatic heterocycles. The molecule has 1 saturated carbocycles. The van der Waals surface area contributed by atoms with Gasteiger partial charge in [-0.1, -0.05) is 6.07 Å². The van der Waals surface area contributed by atoms with Crippen LogP contribution in [-0.2, 0) is 6.54 Å². The highest BCUT2D eigenvalue weighted by molar-refractivity contribution is 7.13. The third-order valence-electron chi connectivity index (χ3n) is 2.82. The maximum absolute atomic E-state index is 4.42. The van der Waals surface area contributed by atoms with Gasteiger partial charge in [0.15, 0.2) is 0 Å². The van der Waals surface area contributed by atoms with Crippen LogP contribution in [0, 0.1) is 0 Å². The van der Waals surface area contributed by atoms with E-state index in [1.165, 1.54) is 17.7 Å². The molecule has 1 N–H and O–H groups in total. The van der Waals surface area contributed by atoms with Gasteiger partial charge in [0, 0.05) is 31.5 Å². The molecular weight excluding hydrogens is 218 g/mol. The van der Waals surface area contributed by atoms with Crippen molar-refractivity contribution >= 4 is 11.3 Å². The van der Waals surface area contributed by atoms with Crippen LogP contribution in [0.25, 0.3) is 10.7 Å². The summed E-state index contributed by atoms with van der Waals surface area (Å²) in [6, 6.07) is 4.98. The molecule has 2 heterocycles. The summed E-state index contributed by atoms with van der Waals surface area (Å²) in [7, 11) is 0. The number of nitrogens with zero attached hydrogens (tertiary/aromatic N) is 2. The monoisotopic (exact) mass is 233 g/mol. The second-order valence-corrected chi connectivity index (χ2v) is 5.10. The first kappa shape index (κ1) is 10.1. The summed E-state index contributed by atoms with van der Waals surface area (Å²) in [6.45, 7) is 2.04. The van der Waals surface area contributed by atoms with E-state index in [1.807, 2.05) is 6.20 Å². The van der Waals surface area contributed by atoms with E-state index in [9.17, 15) is 0 Å². The van der Waals surface area contributed by atoms with Crippen LogP contribution in [0.5, 0.6) is 0 Å². The topological polar surface area (TPSA) is 29.9 Å². The predicted octanol–water partition coefficient (Wildman–Crippen LogP) is 2.36. The van der Waals surface area contributed by atoms with Crippen molar-refractivity contribution in [2.45, 2.75) is 25.4 Å². The van der Waals surface area contributed by atoms with Crippen LogP contribution >= 0.6 is 11.3 Å². The van der Waals surface area contributed by atoms with Crippen LogP contribution in [0.3, 0.4) is 0 Å². The van der Waals surface area contributed by atoms with Gasteiger partial charge in [0.25, 0.3) is 0 Å². The van der Waals surface area contributed by atoms with Crippen molar-refractivity contribution in [1.29, 1.82) is 0 Å². The highest BCUT2D eigenvalue weighted by Gasteiger charge is 2.19. The molecule has 0 aliphatic heterocycles. The fraction of sp³-hybridized carbons (Fsp3) is 0.417. The largest absolute Gasteiger partial charge is 0.329 e. The van der Waals surface area contributed by atoms with Gasteiger partial charge in [-0.3, -0.25) is 0 Å². The summed E-state index contributed by atoms with van der Waals surface area (Å²) < 4.78 is 2.22. The Balaban J connectivity index is 1.67. The van der Waals surface area contributed by atoms with E-state index < -0.39 is 0 Å². The van der Waals surface area contributed by atoms with Crippen molar-refractivity contribution in [1.82, 2.24) is 14.9 Å². The Morgan fingerprint density at radius 1 is 1.50 bits per heavy atom. The van der Waals surface area contributed by atoms with E-state index in [2.05, 4.69) is 38.6 Å². The number of hydrogen-bond acceptors (Lipinski definition) is 3. The van der Waals surface area contributed by atoms with Gasteiger partial charge in [-0.15, -0.1) is 11.3 Å². The molecule has 84 valence electrons. The lowest BCUT2D eigenvalue weighted by molar-refractivity contribution is 0.599. The summed E-state index contributed by atoms with van der Waals surface area (Å²) in [5, 5.41) is 5.62. The van der Waals surface area contributed by atoms with Crippen molar-refractivity contribution in [3.8, 4) is 10.7 Å². The smallest absolute Gasteiger partial charge is 0.150 e. The van der Waals surface area contributed by atoms with E-state index in [-0.39, 0.29) is 0 Å². The number of imidazole rings is 1. The van der Waals surface area contributed by atoms with Crippen LogP contribution in [0.2, 0.25) is 0 Å². The van der Waals surface area contributed by atoms with Crippen LogP contribution in [-0.4, -0.2) is 22.1 Å². The predicted molar refractivity (Wildman–Crippen MR) is 66.6 cm³/mol. The van der Waals surface area contributed by atoms with Crippen LogP contribution < -0.4 is 5.32 Å². The molecule has 0 amide bonds. The average molecular weight is 233 g/mol. The van der Waals surface area contributed by atoms with Crippen molar-refractivity contribution in [2.75, 3.05) is 6.54 Å². The highest BCUT2D eigenvalue weighted by Crippen LogP contribution is 2.23. The number of thiophene rings is 1. The first-order chi connectivity index (χ1) is 7.93. The molecule has 1 aliphatic rings. The summed E-state index contributed by atoms with van der Waals surface area (Å²) >= 11 is 1.74. The number of rotatable bonds is 5. The zero-order valence-corrected chi connectivity index (χ0v) is 9.91. The summed E-state index contributed by atoms with van der Waals surface area (Å²) in [5.41, 5.74) is 0. The minimum atomic E-state index is 0.786. The molecule has 3 rings (SSSR count). The quantitative estimate of drug-likeness (QED) is 0.859. The summed E-state index contributed by atoms with van der Waals surface area (Å²) in [4.78, 5) is 5.66. The Kier molecular flexibility index (Phi) is 2.76. The minimum Gasteiger partial charge on any atom is -0.329 e. The van der Waals surface area contributed by atoms with Crippen molar-refractivity contribution in [3.63, 3.8) is 0 Å². The fourth-order valence-corrected chi connectivity index (χ4v) is 2.53. The second-order valence-electron chi connectivity index (χ2n) is 4.15. The van der Waals surface area contributed by atoms with Gasteiger partial charge in [-0.05, 0) is 24.3 Å². The van der Waals surface area contributed by atoms with Gasteiger partial charge < -0.3 is 9.88 Å². The SMILES string of the molecule is c1csc(-c2nccn2CCNC2CC2)c1.